The molecule has 0 saturated heterocycles. The van der Waals surface area contributed by atoms with Crippen LogP contribution in [0.25, 0.3) is 11.0 Å². The molecule has 0 spiro atoms. The summed E-state index contributed by atoms with van der Waals surface area (Å²) in [5.74, 6) is 2.63. The van der Waals surface area contributed by atoms with Gasteiger partial charge in [0.15, 0.2) is 5.65 Å². The summed E-state index contributed by atoms with van der Waals surface area (Å²) in [4.78, 5) is 9.94. The first kappa shape index (κ1) is 13.7. The van der Waals surface area contributed by atoms with Gasteiger partial charge in [-0.2, -0.15) is 5.10 Å². The second-order valence-corrected chi connectivity index (χ2v) is 5.55. The van der Waals surface area contributed by atoms with E-state index in [1.807, 2.05) is 31.3 Å². The summed E-state index contributed by atoms with van der Waals surface area (Å²) < 4.78 is 6.91. The van der Waals surface area contributed by atoms with Gasteiger partial charge in [-0.05, 0) is 18.2 Å². The molecule has 0 aliphatic carbocycles. The van der Waals surface area contributed by atoms with E-state index < -0.39 is 0 Å². The highest BCUT2D eigenvalue weighted by Gasteiger charge is 2.09. The third-order valence-corrected chi connectivity index (χ3v) is 4.07. The SMILES string of the molecule is COc1cccc(SCc2nc(N)c3cnn(C)c3n2)c1. The van der Waals surface area contributed by atoms with Gasteiger partial charge in [-0.15, -0.1) is 11.8 Å². The van der Waals surface area contributed by atoms with Crippen molar-refractivity contribution >= 4 is 28.6 Å². The van der Waals surface area contributed by atoms with Crippen molar-refractivity contribution in [2.24, 2.45) is 7.05 Å². The number of methoxy groups -OCH3 is 1. The molecule has 3 aromatic rings. The van der Waals surface area contributed by atoms with Crippen molar-refractivity contribution in [1.82, 2.24) is 19.7 Å². The van der Waals surface area contributed by atoms with Crippen LogP contribution < -0.4 is 10.5 Å². The highest BCUT2D eigenvalue weighted by atomic mass is 32.2. The van der Waals surface area contributed by atoms with Crippen LogP contribution in [0, 0.1) is 0 Å². The Bertz CT molecular complexity index is 786. The maximum atomic E-state index is 5.95. The van der Waals surface area contributed by atoms with Crippen LogP contribution in [0.15, 0.2) is 35.4 Å². The van der Waals surface area contributed by atoms with E-state index in [1.165, 1.54) is 0 Å². The molecule has 2 heterocycles. The number of hydrogen-bond donors (Lipinski definition) is 1. The zero-order chi connectivity index (χ0) is 14.8. The summed E-state index contributed by atoms with van der Waals surface area (Å²) >= 11 is 1.64. The van der Waals surface area contributed by atoms with Crippen LogP contribution in [-0.2, 0) is 12.8 Å². The Labute approximate surface area is 126 Å². The van der Waals surface area contributed by atoms with Crippen LogP contribution in [0.2, 0.25) is 0 Å². The lowest BCUT2D eigenvalue weighted by Gasteiger charge is -2.05. The molecule has 6 nitrogen and oxygen atoms in total. The summed E-state index contributed by atoms with van der Waals surface area (Å²) in [6.45, 7) is 0. The molecule has 0 saturated carbocycles. The average Bonchev–Trinajstić information content (AvgIpc) is 2.87. The standard InChI is InChI=1S/C14H15N5OS/c1-19-14-11(7-16-19)13(15)17-12(18-14)8-21-10-5-3-4-9(6-10)20-2/h3-7H,8H2,1-2H3,(H2,15,17,18). The van der Waals surface area contributed by atoms with Gasteiger partial charge in [0.1, 0.15) is 17.4 Å². The number of aryl methyl sites for hydroxylation is 1. The number of rotatable bonds is 4. The maximum Gasteiger partial charge on any atom is 0.163 e. The molecule has 2 N–H and O–H groups in total. The van der Waals surface area contributed by atoms with Gasteiger partial charge in [0.25, 0.3) is 0 Å². The number of ether oxygens (including phenoxy) is 1. The number of nitrogens with two attached hydrogens (primary N) is 1. The van der Waals surface area contributed by atoms with Crippen molar-refractivity contribution in [3.63, 3.8) is 0 Å². The molecule has 0 aliphatic heterocycles. The molecule has 3 rings (SSSR count). The minimum Gasteiger partial charge on any atom is -0.497 e. The van der Waals surface area contributed by atoms with Gasteiger partial charge in [-0.25, -0.2) is 9.97 Å². The van der Waals surface area contributed by atoms with Crippen LogP contribution in [0.3, 0.4) is 0 Å². The second-order valence-electron chi connectivity index (χ2n) is 4.50. The van der Waals surface area contributed by atoms with Crippen molar-refractivity contribution in [2.75, 3.05) is 12.8 Å². The largest absolute Gasteiger partial charge is 0.497 e. The van der Waals surface area contributed by atoms with Crippen molar-refractivity contribution < 1.29 is 4.74 Å². The summed E-state index contributed by atoms with van der Waals surface area (Å²) in [7, 11) is 3.50. The van der Waals surface area contributed by atoms with E-state index in [9.17, 15) is 0 Å². The van der Waals surface area contributed by atoms with Crippen LogP contribution in [-0.4, -0.2) is 26.9 Å². The zero-order valence-corrected chi connectivity index (χ0v) is 12.6. The molecule has 0 aliphatic rings. The smallest absolute Gasteiger partial charge is 0.163 e. The average molecular weight is 301 g/mol. The van der Waals surface area contributed by atoms with E-state index in [0.29, 0.717) is 17.4 Å². The van der Waals surface area contributed by atoms with Crippen molar-refractivity contribution in [3.8, 4) is 5.75 Å². The second kappa shape index (κ2) is 5.61. The number of aromatic nitrogens is 4. The van der Waals surface area contributed by atoms with Crippen molar-refractivity contribution in [3.05, 3.63) is 36.3 Å². The number of nitrogen functional groups attached to an aromatic ring is 1. The minimum atomic E-state index is 0.467. The molecule has 21 heavy (non-hydrogen) atoms. The van der Waals surface area contributed by atoms with E-state index in [4.69, 9.17) is 10.5 Å². The van der Waals surface area contributed by atoms with Gasteiger partial charge in [0.2, 0.25) is 0 Å². The fourth-order valence-corrected chi connectivity index (χ4v) is 2.79. The third kappa shape index (κ3) is 2.78. The fourth-order valence-electron chi connectivity index (χ4n) is 1.99. The molecule has 7 heteroatoms. The Balaban J connectivity index is 1.83. The van der Waals surface area contributed by atoms with Gasteiger partial charge < -0.3 is 10.5 Å². The van der Waals surface area contributed by atoms with Gasteiger partial charge in [0.05, 0.1) is 24.4 Å². The summed E-state index contributed by atoms with van der Waals surface area (Å²) in [6, 6.07) is 7.89. The Kier molecular flexibility index (Phi) is 3.66. The number of benzene rings is 1. The molecule has 0 unspecified atom stereocenters. The predicted molar refractivity (Wildman–Crippen MR) is 83.3 cm³/mol. The first-order valence-corrected chi connectivity index (χ1v) is 7.37. The Morgan fingerprint density at radius 2 is 2.19 bits per heavy atom. The van der Waals surface area contributed by atoms with E-state index in [2.05, 4.69) is 15.1 Å². The number of nitrogens with zero attached hydrogens (tertiary/aromatic N) is 4. The highest BCUT2D eigenvalue weighted by molar-refractivity contribution is 7.98. The molecule has 0 atom stereocenters. The maximum absolute atomic E-state index is 5.95. The number of fused-ring (bicyclic) bond motifs is 1. The topological polar surface area (TPSA) is 78.9 Å². The molecule has 0 amide bonds. The highest BCUT2D eigenvalue weighted by Crippen LogP contribution is 2.26. The predicted octanol–water partition coefficient (Wildman–Crippen LogP) is 2.25. The minimum absolute atomic E-state index is 0.467. The van der Waals surface area contributed by atoms with E-state index >= 15 is 0 Å². The lowest BCUT2D eigenvalue weighted by molar-refractivity contribution is 0.413. The van der Waals surface area contributed by atoms with Gasteiger partial charge in [-0.1, -0.05) is 6.07 Å². The van der Waals surface area contributed by atoms with E-state index in [0.717, 1.165) is 21.7 Å². The normalized spacial score (nSPS) is 11.0. The molecule has 0 radical (unpaired) electrons. The first-order chi connectivity index (χ1) is 10.2. The van der Waals surface area contributed by atoms with Gasteiger partial charge >= 0.3 is 0 Å². The number of anilines is 1. The summed E-state index contributed by atoms with van der Waals surface area (Å²) in [6.07, 6.45) is 1.68. The van der Waals surface area contributed by atoms with Crippen LogP contribution in [0.4, 0.5) is 5.82 Å². The summed E-state index contributed by atoms with van der Waals surface area (Å²) in [5, 5.41) is 4.93. The van der Waals surface area contributed by atoms with Crippen molar-refractivity contribution in [2.45, 2.75) is 10.6 Å². The zero-order valence-electron chi connectivity index (χ0n) is 11.8. The third-order valence-electron chi connectivity index (χ3n) is 3.08. The Hall–Kier alpha value is -2.28. The molecule has 108 valence electrons. The number of hydrogen-bond acceptors (Lipinski definition) is 6. The van der Waals surface area contributed by atoms with Gasteiger partial charge in [0, 0.05) is 11.9 Å². The van der Waals surface area contributed by atoms with E-state index in [-0.39, 0.29) is 0 Å². The molecule has 0 fully saturated rings. The number of thioether (sulfide) groups is 1. The monoisotopic (exact) mass is 301 g/mol. The molecular weight excluding hydrogens is 286 g/mol. The molecular formula is C14H15N5OS. The quantitative estimate of drug-likeness (QED) is 0.745. The van der Waals surface area contributed by atoms with Crippen LogP contribution in [0.1, 0.15) is 5.82 Å². The van der Waals surface area contributed by atoms with Crippen LogP contribution >= 0.6 is 11.8 Å². The van der Waals surface area contributed by atoms with Gasteiger partial charge in [-0.3, -0.25) is 4.68 Å². The fraction of sp³-hybridized carbons (Fsp3) is 0.214. The van der Waals surface area contributed by atoms with Crippen LogP contribution in [0.5, 0.6) is 5.75 Å². The Morgan fingerprint density at radius 3 is 3.00 bits per heavy atom. The molecule has 1 aromatic carbocycles. The van der Waals surface area contributed by atoms with Crippen molar-refractivity contribution in [1.29, 1.82) is 0 Å². The molecule has 0 bridgehead atoms. The molecule has 2 aromatic heterocycles. The Morgan fingerprint density at radius 1 is 1.33 bits per heavy atom. The lowest BCUT2D eigenvalue weighted by Crippen LogP contribution is -2.01. The lowest BCUT2D eigenvalue weighted by atomic mass is 10.3. The summed E-state index contributed by atoms with van der Waals surface area (Å²) in [5.41, 5.74) is 6.70. The van der Waals surface area contributed by atoms with E-state index in [1.54, 1.807) is 29.8 Å². The first-order valence-electron chi connectivity index (χ1n) is 6.38.